The Hall–Kier alpha value is -3.41. The molecule has 0 radical (unpaired) electrons. The molecule has 0 aromatic carbocycles. The molecule has 6 heteroatoms. The van der Waals surface area contributed by atoms with Crippen molar-refractivity contribution in [2.45, 2.75) is 316 Å². The minimum Gasteiger partial charge on any atom is -0.462 e. The lowest BCUT2D eigenvalue weighted by molar-refractivity contribution is -0.167. The predicted octanol–water partition coefficient (Wildman–Crippen LogP) is 21.5. The molecule has 0 spiro atoms. The van der Waals surface area contributed by atoms with E-state index in [9.17, 15) is 14.4 Å². The number of hydrogen-bond donors (Lipinski definition) is 0. The molecule has 426 valence electrons. The summed E-state index contributed by atoms with van der Waals surface area (Å²) in [7, 11) is 0. The number of hydrogen-bond acceptors (Lipinski definition) is 6. The standard InChI is InChI=1S/C68H118O6/c1-4-7-10-13-16-19-22-25-28-31-32-33-34-35-36-38-40-43-46-49-52-55-58-61-67(70)73-64-65(63-72-66(69)60-57-54-51-48-45-42-39-30-27-24-21-18-15-12-9-6-3)74-68(71)62-59-56-53-50-47-44-41-37-29-26-23-20-17-14-11-8-5-2/h8,11,17,20,22,25-26,29-32,39,41,44,65H,4-7,9-10,12-16,18-19,21,23-24,27-28,33-38,40,42-43,45-64H2,1-3H3/b11-8-,20-17-,25-22-,29-26-,32-31-,39-30-,44-41-. The van der Waals surface area contributed by atoms with E-state index < -0.39 is 6.10 Å². The molecule has 0 saturated carbocycles. The largest absolute Gasteiger partial charge is 0.462 e. The molecule has 0 N–H and O–H groups in total. The Morgan fingerprint density at radius 3 is 0.838 bits per heavy atom. The van der Waals surface area contributed by atoms with Gasteiger partial charge in [0.1, 0.15) is 13.2 Å². The van der Waals surface area contributed by atoms with Crippen LogP contribution in [-0.2, 0) is 28.6 Å². The first-order valence-electron chi connectivity index (χ1n) is 31.6. The molecule has 0 heterocycles. The van der Waals surface area contributed by atoms with Crippen LogP contribution in [0.25, 0.3) is 0 Å². The first-order chi connectivity index (χ1) is 36.5. The fourth-order valence-electron chi connectivity index (χ4n) is 8.87. The average Bonchev–Trinajstić information content (AvgIpc) is 3.40. The SMILES string of the molecule is CC/C=C\C/C=C\C/C=C\C/C=C\CCCCCCC(=O)OC(COC(=O)CCCCCCC/C=C\CCCCCCCCC)COC(=O)CCCCCCCCCCCCC/C=C\C/C=C\CCCCCCC. The lowest BCUT2D eigenvalue weighted by Gasteiger charge is -2.18. The van der Waals surface area contributed by atoms with Gasteiger partial charge in [-0.3, -0.25) is 14.4 Å². The Kier molecular flexibility index (Phi) is 59.3. The quantitative estimate of drug-likeness (QED) is 0.0261. The van der Waals surface area contributed by atoms with Gasteiger partial charge in [0.05, 0.1) is 0 Å². The first-order valence-corrected chi connectivity index (χ1v) is 31.6. The summed E-state index contributed by atoms with van der Waals surface area (Å²) in [5, 5.41) is 0. The maximum Gasteiger partial charge on any atom is 0.306 e. The van der Waals surface area contributed by atoms with Crippen molar-refractivity contribution in [2.24, 2.45) is 0 Å². The second kappa shape index (κ2) is 62.1. The number of carbonyl (C=O) groups is 3. The molecule has 74 heavy (non-hydrogen) atoms. The van der Waals surface area contributed by atoms with Gasteiger partial charge in [-0.05, 0) is 116 Å². The maximum absolute atomic E-state index is 12.9. The third-order valence-corrected chi connectivity index (χ3v) is 13.6. The van der Waals surface area contributed by atoms with Gasteiger partial charge in [0.25, 0.3) is 0 Å². The average molecular weight is 1030 g/mol. The van der Waals surface area contributed by atoms with Crippen LogP contribution in [0.3, 0.4) is 0 Å². The van der Waals surface area contributed by atoms with Gasteiger partial charge in [-0.15, -0.1) is 0 Å². The van der Waals surface area contributed by atoms with E-state index in [0.717, 1.165) is 109 Å². The molecule has 1 atom stereocenters. The van der Waals surface area contributed by atoms with Crippen molar-refractivity contribution in [1.82, 2.24) is 0 Å². The molecule has 0 aliphatic heterocycles. The lowest BCUT2D eigenvalue weighted by Crippen LogP contribution is -2.30. The predicted molar refractivity (Wildman–Crippen MR) is 321 cm³/mol. The molecule has 1 unspecified atom stereocenters. The number of carbonyl (C=O) groups excluding carboxylic acids is 3. The molecule has 0 aliphatic carbocycles. The van der Waals surface area contributed by atoms with E-state index in [-0.39, 0.29) is 31.1 Å². The lowest BCUT2D eigenvalue weighted by atomic mass is 10.0. The van der Waals surface area contributed by atoms with Gasteiger partial charge < -0.3 is 14.2 Å². The van der Waals surface area contributed by atoms with Crippen molar-refractivity contribution in [2.75, 3.05) is 13.2 Å². The van der Waals surface area contributed by atoms with Crippen molar-refractivity contribution in [3.8, 4) is 0 Å². The van der Waals surface area contributed by atoms with Crippen LogP contribution in [0.4, 0.5) is 0 Å². The molecular weight excluding hydrogens is 913 g/mol. The summed E-state index contributed by atoms with van der Waals surface area (Å²) in [4.78, 5) is 38.3. The zero-order valence-corrected chi connectivity index (χ0v) is 48.8. The topological polar surface area (TPSA) is 78.9 Å². The normalized spacial score (nSPS) is 12.6. The van der Waals surface area contributed by atoms with Gasteiger partial charge in [0, 0.05) is 19.3 Å². The minimum absolute atomic E-state index is 0.0894. The van der Waals surface area contributed by atoms with Crippen LogP contribution in [0.15, 0.2) is 85.1 Å². The zero-order chi connectivity index (χ0) is 53.6. The van der Waals surface area contributed by atoms with Gasteiger partial charge in [-0.1, -0.05) is 260 Å². The summed E-state index contributed by atoms with van der Waals surface area (Å²) in [6.45, 7) is 6.51. The van der Waals surface area contributed by atoms with E-state index in [4.69, 9.17) is 14.2 Å². The van der Waals surface area contributed by atoms with Crippen LogP contribution < -0.4 is 0 Å². The molecule has 6 nitrogen and oxygen atoms in total. The molecule has 0 aliphatic rings. The highest BCUT2D eigenvalue weighted by Gasteiger charge is 2.19. The number of rotatable bonds is 57. The maximum atomic E-state index is 12.9. The van der Waals surface area contributed by atoms with E-state index in [1.165, 1.54) is 161 Å². The Labute approximate surface area is 458 Å². The van der Waals surface area contributed by atoms with E-state index in [1.54, 1.807) is 0 Å². The van der Waals surface area contributed by atoms with Crippen molar-refractivity contribution in [1.29, 1.82) is 0 Å². The molecule has 0 aromatic heterocycles. The smallest absolute Gasteiger partial charge is 0.306 e. The van der Waals surface area contributed by atoms with Crippen LogP contribution >= 0.6 is 0 Å². The van der Waals surface area contributed by atoms with Crippen molar-refractivity contribution < 1.29 is 28.6 Å². The minimum atomic E-state index is -0.795. The summed E-state index contributed by atoms with van der Waals surface area (Å²) in [5.41, 5.74) is 0. The van der Waals surface area contributed by atoms with E-state index in [0.29, 0.717) is 19.3 Å². The van der Waals surface area contributed by atoms with Gasteiger partial charge in [0.2, 0.25) is 0 Å². The Balaban J connectivity index is 4.39. The van der Waals surface area contributed by atoms with E-state index in [2.05, 4.69) is 106 Å². The van der Waals surface area contributed by atoms with Gasteiger partial charge in [-0.25, -0.2) is 0 Å². The van der Waals surface area contributed by atoms with Crippen molar-refractivity contribution >= 4 is 17.9 Å². The van der Waals surface area contributed by atoms with Crippen molar-refractivity contribution in [3.63, 3.8) is 0 Å². The fourth-order valence-corrected chi connectivity index (χ4v) is 8.87. The zero-order valence-electron chi connectivity index (χ0n) is 48.8. The summed E-state index contributed by atoms with van der Waals surface area (Å²) < 4.78 is 16.9. The van der Waals surface area contributed by atoms with E-state index in [1.807, 2.05) is 0 Å². The second-order valence-corrected chi connectivity index (χ2v) is 20.9. The number of allylic oxidation sites excluding steroid dienone is 14. The molecule has 0 fully saturated rings. The first kappa shape index (κ1) is 70.6. The van der Waals surface area contributed by atoms with Crippen LogP contribution in [0.5, 0.6) is 0 Å². The summed E-state index contributed by atoms with van der Waals surface area (Å²) in [6, 6.07) is 0. The molecule has 0 amide bonds. The molecular formula is C68H118O6. The van der Waals surface area contributed by atoms with E-state index >= 15 is 0 Å². The fraction of sp³-hybridized carbons (Fsp3) is 0.750. The van der Waals surface area contributed by atoms with Crippen LogP contribution in [0.2, 0.25) is 0 Å². The highest BCUT2D eigenvalue weighted by atomic mass is 16.6. The van der Waals surface area contributed by atoms with Crippen LogP contribution in [0, 0.1) is 0 Å². The number of esters is 3. The Bertz CT molecular complexity index is 1420. The second-order valence-electron chi connectivity index (χ2n) is 20.9. The molecule has 0 aromatic rings. The highest BCUT2D eigenvalue weighted by molar-refractivity contribution is 5.71. The highest BCUT2D eigenvalue weighted by Crippen LogP contribution is 2.16. The summed E-state index contributed by atoms with van der Waals surface area (Å²) in [6.07, 6.45) is 81.5. The third kappa shape index (κ3) is 59.5. The van der Waals surface area contributed by atoms with Crippen molar-refractivity contribution in [3.05, 3.63) is 85.1 Å². The third-order valence-electron chi connectivity index (χ3n) is 13.6. The Morgan fingerprint density at radius 1 is 0.284 bits per heavy atom. The molecule has 0 saturated heterocycles. The summed E-state index contributed by atoms with van der Waals surface area (Å²) >= 11 is 0. The van der Waals surface area contributed by atoms with Gasteiger partial charge in [-0.2, -0.15) is 0 Å². The van der Waals surface area contributed by atoms with Gasteiger partial charge >= 0.3 is 17.9 Å². The monoisotopic (exact) mass is 1030 g/mol. The number of ether oxygens (including phenoxy) is 3. The molecule has 0 rings (SSSR count). The summed E-state index contributed by atoms with van der Waals surface area (Å²) in [5.74, 6) is -0.913. The van der Waals surface area contributed by atoms with Crippen LogP contribution in [-0.4, -0.2) is 37.2 Å². The van der Waals surface area contributed by atoms with Crippen LogP contribution in [0.1, 0.15) is 310 Å². The molecule has 0 bridgehead atoms. The Morgan fingerprint density at radius 2 is 0.527 bits per heavy atom. The van der Waals surface area contributed by atoms with Gasteiger partial charge in [0.15, 0.2) is 6.10 Å². The number of unbranched alkanes of at least 4 members (excludes halogenated alkanes) is 32.